The minimum absolute atomic E-state index is 0.0235. The molecule has 5 heterocycles. The van der Waals surface area contributed by atoms with E-state index in [1.807, 2.05) is 6.07 Å². The summed E-state index contributed by atoms with van der Waals surface area (Å²) in [6.07, 6.45) is 6.44. The lowest BCUT2D eigenvalue weighted by Crippen LogP contribution is -2.30. The van der Waals surface area contributed by atoms with Crippen LogP contribution in [0, 0.1) is 11.9 Å². The van der Waals surface area contributed by atoms with Gasteiger partial charge < -0.3 is 4.74 Å². The third kappa shape index (κ3) is 2.47. The molecule has 0 radical (unpaired) electrons. The summed E-state index contributed by atoms with van der Waals surface area (Å²) in [5, 5.41) is -0.0235. The smallest absolute Gasteiger partial charge is 0.257 e. The van der Waals surface area contributed by atoms with Gasteiger partial charge in [0.1, 0.15) is 16.4 Å². The molecule has 0 saturated carbocycles. The molecule has 8 heteroatoms. The van der Waals surface area contributed by atoms with Crippen molar-refractivity contribution in [3.05, 3.63) is 100 Å². The fourth-order valence-electron chi connectivity index (χ4n) is 4.25. The van der Waals surface area contributed by atoms with Crippen LogP contribution in [0.4, 0.5) is 8.78 Å². The highest BCUT2D eigenvalue weighted by Crippen LogP contribution is 2.56. The van der Waals surface area contributed by atoms with Crippen LogP contribution in [0.3, 0.4) is 0 Å². The number of halogens is 3. The molecule has 0 amide bonds. The lowest BCUT2D eigenvalue weighted by Gasteiger charge is -2.36. The van der Waals surface area contributed by atoms with Crippen molar-refractivity contribution in [1.29, 1.82) is 0 Å². The van der Waals surface area contributed by atoms with Gasteiger partial charge in [-0.05, 0) is 42.0 Å². The van der Waals surface area contributed by atoms with E-state index in [2.05, 4.69) is 15.0 Å². The van der Waals surface area contributed by atoms with Crippen LogP contribution >= 0.6 is 11.6 Å². The first-order chi connectivity index (χ1) is 15.1. The average Bonchev–Trinajstić information content (AvgIpc) is 3.15. The number of benzene rings is 1. The molecule has 150 valence electrons. The first kappa shape index (κ1) is 18.1. The molecule has 1 spiro atoms. The van der Waals surface area contributed by atoms with Gasteiger partial charge in [0.25, 0.3) is 5.95 Å². The Hall–Kier alpha value is -3.71. The Kier molecular flexibility index (Phi) is 3.73. The molecule has 0 unspecified atom stereocenters. The van der Waals surface area contributed by atoms with E-state index in [0.29, 0.717) is 28.0 Å². The number of aromatic nitrogens is 3. The zero-order valence-electron chi connectivity index (χ0n) is 15.7. The summed E-state index contributed by atoms with van der Waals surface area (Å²) in [7, 11) is 0. The molecule has 3 aromatic heterocycles. The quantitative estimate of drug-likeness (QED) is 0.383. The minimum Gasteiger partial charge on any atom is -0.452 e. The molecular formula is C23H11ClF2N4O. The minimum atomic E-state index is -1.16. The molecule has 2 aliphatic rings. The Balaban J connectivity index is 1.70. The molecule has 0 saturated heterocycles. The highest BCUT2D eigenvalue weighted by molar-refractivity contribution is 6.29. The van der Waals surface area contributed by atoms with Crippen LogP contribution in [0.15, 0.2) is 66.0 Å². The Labute approximate surface area is 180 Å². The average molecular weight is 433 g/mol. The fourth-order valence-corrected chi connectivity index (χ4v) is 4.43. The SMILES string of the molecule is Fc1ncccc1-c1ccc2c(c1)[C@]1(N=Cc3ccncc31)c1cc(Cl)nc(F)c1O2. The van der Waals surface area contributed by atoms with Gasteiger partial charge in [-0.3, -0.25) is 9.98 Å². The maximum Gasteiger partial charge on any atom is 0.257 e. The number of hydrogen-bond acceptors (Lipinski definition) is 5. The van der Waals surface area contributed by atoms with E-state index in [4.69, 9.17) is 21.3 Å². The van der Waals surface area contributed by atoms with E-state index in [9.17, 15) is 8.78 Å². The van der Waals surface area contributed by atoms with Gasteiger partial charge in [-0.25, -0.2) is 9.97 Å². The summed E-state index contributed by atoms with van der Waals surface area (Å²) in [6.45, 7) is 0. The van der Waals surface area contributed by atoms with Crippen molar-refractivity contribution in [2.45, 2.75) is 5.54 Å². The Bertz CT molecular complexity index is 1420. The number of ether oxygens (including phenoxy) is 1. The summed E-state index contributed by atoms with van der Waals surface area (Å²) in [5.41, 5.74) is 2.36. The van der Waals surface area contributed by atoms with Crippen molar-refractivity contribution in [2.75, 3.05) is 0 Å². The second-order valence-electron chi connectivity index (χ2n) is 7.20. The first-order valence-corrected chi connectivity index (χ1v) is 9.75. The highest BCUT2D eigenvalue weighted by atomic mass is 35.5. The zero-order chi connectivity index (χ0) is 21.2. The summed E-state index contributed by atoms with van der Waals surface area (Å²) < 4.78 is 35.1. The van der Waals surface area contributed by atoms with Gasteiger partial charge in [0.05, 0.1) is 0 Å². The van der Waals surface area contributed by atoms with E-state index in [0.717, 1.165) is 11.1 Å². The lowest BCUT2D eigenvalue weighted by atomic mass is 9.76. The summed E-state index contributed by atoms with van der Waals surface area (Å²) in [5.74, 6) is -1.09. The summed E-state index contributed by atoms with van der Waals surface area (Å²) >= 11 is 6.11. The van der Waals surface area contributed by atoms with Crippen LogP contribution in [0.1, 0.15) is 22.3 Å². The van der Waals surface area contributed by atoms with E-state index >= 15 is 0 Å². The van der Waals surface area contributed by atoms with E-state index in [1.54, 1.807) is 55.0 Å². The van der Waals surface area contributed by atoms with E-state index < -0.39 is 17.4 Å². The Morgan fingerprint density at radius 1 is 0.935 bits per heavy atom. The number of pyridine rings is 3. The van der Waals surface area contributed by atoms with Crippen LogP contribution in [0.2, 0.25) is 5.15 Å². The molecule has 0 fully saturated rings. The van der Waals surface area contributed by atoms with Gasteiger partial charge in [0, 0.05) is 52.6 Å². The Morgan fingerprint density at radius 2 is 1.84 bits per heavy atom. The van der Waals surface area contributed by atoms with Gasteiger partial charge in [-0.15, -0.1) is 0 Å². The van der Waals surface area contributed by atoms with E-state index in [-0.39, 0.29) is 10.9 Å². The molecule has 0 bridgehead atoms. The highest BCUT2D eigenvalue weighted by Gasteiger charge is 2.48. The van der Waals surface area contributed by atoms with E-state index in [1.165, 1.54) is 6.20 Å². The molecule has 2 aliphatic heterocycles. The van der Waals surface area contributed by atoms with Gasteiger partial charge in [-0.2, -0.15) is 8.78 Å². The molecule has 6 rings (SSSR count). The number of aliphatic imine (C=N–C) groups is 1. The number of nitrogens with zero attached hydrogens (tertiary/aromatic N) is 4. The molecule has 1 atom stereocenters. The fraction of sp³-hybridized carbons (Fsp3) is 0.0435. The van der Waals surface area contributed by atoms with Gasteiger partial charge in [0.15, 0.2) is 5.75 Å². The molecule has 0 aliphatic carbocycles. The first-order valence-electron chi connectivity index (χ1n) is 9.37. The molecule has 0 N–H and O–H groups in total. The number of hydrogen-bond donors (Lipinski definition) is 0. The van der Waals surface area contributed by atoms with Crippen LogP contribution in [0.25, 0.3) is 11.1 Å². The summed E-state index contributed by atoms with van der Waals surface area (Å²) in [4.78, 5) is 16.5. The maximum atomic E-state index is 14.8. The van der Waals surface area contributed by atoms with Gasteiger partial charge in [0.2, 0.25) is 5.95 Å². The van der Waals surface area contributed by atoms with Crippen molar-refractivity contribution in [3.8, 4) is 22.6 Å². The van der Waals surface area contributed by atoms with Crippen LogP contribution < -0.4 is 4.74 Å². The monoisotopic (exact) mass is 432 g/mol. The predicted octanol–water partition coefficient (Wildman–Crippen LogP) is 5.30. The largest absolute Gasteiger partial charge is 0.452 e. The molecule has 31 heavy (non-hydrogen) atoms. The maximum absolute atomic E-state index is 14.8. The third-order valence-electron chi connectivity index (χ3n) is 5.58. The predicted molar refractivity (Wildman–Crippen MR) is 111 cm³/mol. The van der Waals surface area contributed by atoms with Gasteiger partial charge >= 0.3 is 0 Å². The number of fused-ring (bicyclic) bond motifs is 6. The molecule has 1 aromatic carbocycles. The van der Waals surface area contributed by atoms with Crippen molar-refractivity contribution in [2.24, 2.45) is 4.99 Å². The second-order valence-corrected chi connectivity index (χ2v) is 7.59. The lowest BCUT2D eigenvalue weighted by molar-refractivity contribution is 0.385. The van der Waals surface area contributed by atoms with Crippen molar-refractivity contribution in [3.63, 3.8) is 0 Å². The normalized spacial score (nSPS) is 17.8. The van der Waals surface area contributed by atoms with Crippen molar-refractivity contribution in [1.82, 2.24) is 15.0 Å². The van der Waals surface area contributed by atoms with Crippen LogP contribution in [0.5, 0.6) is 11.5 Å². The van der Waals surface area contributed by atoms with Crippen LogP contribution in [-0.2, 0) is 5.54 Å². The summed E-state index contributed by atoms with van der Waals surface area (Å²) in [6, 6.07) is 11.8. The third-order valence-corrected chi connectivity index (χ3v) is 5.78. The zero-order valence-corrected chi connectivity index (χ0v) is 16.4. The van der Waals surface area contributed by atoms with Gasteiger partial charge in [-0.1, -0.05) is 17.7 Å². The standard InChI is InChI=1S/C23H11ClF2N4O/c24-19-9-16-20(22(26)30-19)31-18-4-3-12(14-2-1-6-28-21(14)25)8-15(18)23(16)17-11-27-7-5-13(17)10-29-23/h1-11H/t23-/m0/s1. The topological polar surface area (TPSA) is 60.3 Å². The van der Waals surface area contributed by atoms with Crippen molar-refractivity contribution >= 4 is 17.8 Å². The van der Waals surface area contributed by atoms with Crippen LogP contribution in [-0.4, -0.2) is 21.2 Å². The Morgan fingerprint density at radius 3 is 2.71 bits per heavy atom. The second kappa shape index (κ2) is 6.39. The number of rotatable bonds is 1. The molecular weight excluding hydrogens is 422 g/mol. The molecule has 5 nitrogen and oxygen atoms in total. The molecule has 4 aromatic rings. The van der Waals surface area contributed by atoms with Crippen molar-refractivity contribution < 1.29 is 13.5 Å².